The Morgan fingerprint density at radius 2 is 1.75 bits per heavy atom. The number of hydrogen-bond acceptors (Lipinski definition) is 6. The molecule has 1 aromatic heterocycles. The van der Waals surface area contributed by atoms with E-state index in [2.05, 4.69) is 10.2 Å². The van der Waals surface area contributed by atoms with E-state index >= 15 is 0 Å². The van der Waals surface area contributed by atoms with Crippen molar-refractivity contribution in [2.75, 3.05) is 0 Å². The molecule has 0 atom stereocenters. The highest BCUT2D eigenvalue weighted by atomic mass is 32.2. The van der Waals surface area contributed by atoms with E-state index in [0.717, 1.165) is 34.1 Å². The Bertz CT molecular complexity index is 1330. The van der Waals surface area contributed by atoms with Crippen molar-refractivity contribution in [3.63, 3.8) is 0 Å². The van der Waals surface area contributed by atoms with Gasteiger partial charge in [-0.3, -0.25) is 19.5 Å². The monoisotopic (exact) mass is 445 g/mol. The van der Waals surface area contributed by atoms with Crippen LogP contribution in [0.15, 0.2) is 76.8 Å². The zero-order valence-corrected chi connectivity index (χ0v) is 18.2. The molecular formula is C23H19N5O3S. The average molecular weight is 446 g/mol. The number of aryl methyl sites for hydroxylation is 2. The lowest BCUT2D eigenvalue weighted by Gasteiger charge is -2.12. The van der Waals surface area contributed by atoms with E-state index in [1.807, 2.05) is 66.9 Å². The van der Waals surface area contributed by atoms with Crippen LogP contribution < -0.4 is 5.73 Å². The predicted octanol–water partition coefficient (Wildman–Crippen LogP) is 4.71. The number of hydrogen-bond donors (Lipinski definition) is 1. The molecule has 0 bridgehead atoms. The minimum atomic E-state index is -0.727. The number of primary amides is 1. The van der Waals surface area contributed by atoms with Gasteiger partial charge in [-0.1, -0.05) is 36.4 Å². The molecule has 0 saturated carbocycles. The third-order valence-electron chi connectivity index (χ3n) is 5.06. The minimum Gasteiger partial charge on any atom is -0.366 e. The smallest absolute Gasteiger partial charge is 0.284 e. The summed E-state index contributed by atoms with van der Waals surface area (Å²) in [6.07, 6.45) is 0. The average Bonchev–Trinajstić information content (AvgIpc) is 3.19. The maximum atomic E-state index is 11.6. The molecule has 4 rings (SSSR count). The summed E-state index contributed by atoms with van der Waals surface area (Å²) in [5.41, 5.74) is 9.09. The predicted molar refractivity (Wildman–Crippen MR) is 122 cm³/mol. The highest BCUT2D eigenvalue weighted by Crippen LogP contribution is 2.37. The summed E-state index contributed by atoms with van der Waals surface area (Å²) in [6, 6.07) is 19.8. The van der Waals surface area contributed by atoms with Crippen molar-refractivity contribution in [2.45, 2.75) is 23.9 Å². The topological polar surface area (TPSA) is 117 Å². The lowest BCUT2D eigenvalue weighted by Crippen LogP contribution is -2.11. The molecule has 0 aliphatic rings. The van der Waals surface area contributed by atoms with Crippen molar-refractivity contribution in [3.8, 4) is 17.1 Å². The van der Waals surface area contributed by atoms with E-state index in [9.17, 15) is 14.9 Å². The summed E-state index contributed by atoms with van der Waals surface area (Å²) in [5.74, 6) is -0.109. The van der Waals surface area contributed by atoms with Crippen LogP contribution in [0.3, 0.4) is 0 Å². The van der Waals surface area contributed by atoms with E-state index in [1.54, 1.807) is 0 Å². The lowest BCUT2D eigenvalue weighted by molar-refractivity contribution is -0.387. The number of nitro benzene ring substituents is 1. The second kappa shape index (κ2) is 8.64. The normalized spacial score (nSPS) is 10.8. The number of rotatable bonds is 6. The van der Waals surface area contributed by atoms with Crippen molar-refractivity contribution in [2.24, 2.45) is 5.73 Å². The fourth-order valence-electron chi connectivity index (χ4n) is 3.21. The maximum Gasteiger partial charge on any atom is 0.284 e. The Labute approximate surface area is 188 Å². The summed E-state index contributed by atoms with van der Waals surface area (Å²) in [6.45, 7) is 4.05. The van der Waals surface area contributed by atoms with Gasteiger partial charge in [0.25, 0.3) is 5.69 Å². The second-order valence-electron chi connectivity index (χ2n) is 7.18. The van der Waals surface area contributed by atoms with Crippen LogP contribution in [0.25, 0.3) is 17.1 Å². The van der Waals surface area contributed by atoms with E-state index in [0.29, 0.717) is 15.9 Å². The molecule has 1 heterocycles. The lowest BCUT2D eigenvalue weighted by atomic mass is 10.1. The summed E-state index contributed by atoms with van der Waals surface area (Å²) in [7, 11) is 0. The fourth-order valence-corrected chi connectivity index (χ4v) is 4.14. The molecule has 0 aliphatic carbocycles. The van der Waals surface area contributed by atoms with Crippen molar-refractivity contribution in [1.82, 2.24) is 14.8 Å². The third kappa shape index (κ3) is 4.10. The molecule has 4 aromatic rings. The number of nitrogens with two attached hydrogens (primary N) is 1. The van der Waals surface area contributed by atoms with Gasteiger partial charge in [0, 0.05) is 17.2 Å². The number of aromatic nitrogens is 3. The van der Waals surface area contributed by atoms with Gasteiger partial charge in [-0.15, -0.1) is 10.2 Å². The summed E-state index contributed by atoms with van der Waals surface area (Å²) >= 11 is 1.11. The highest BCUT2D eigenvalue weighted by molar-refractivity contribution is 7.99. The van der Waals surface area contributed by atoms with Crippen LogP contribution in [0.1, 0.15) is 21.5 Å². The molecular weight excluding hydrogens is 426 g/mol. The molecule has 0 spiro atoms. The first-order chi connectivity index (χ1) is 15.3. The minimum absolute atomic E-state index is 0.0710. The number of nitro groups is 1. The Kier molecular flexibility index (Phi) is 5.74. The van der Waals surface area contributed by atoms with E-state index in [4.69, 9.17) is 5.73 Å². The van der Waals surface area contributed by atoms with Gasteiger partial charge >= 0.3 is 0 Å². The summed E-state index contributed by atoms with van der Waals surface area (Å²) in [5, 5.41) is 20.8. The number of amides is 1. The van der Waals surface area contributed by atoms with Gasteiger partial charge < -0.3 is 5.73 Å². The van der Waals surface area contributed by atoms with Gasteiger partial charge in [0.2, 0.25) is 11.1 Å². The van der Waals surface area contributed by atoms with Gasteiger partial charge in [-0.25, -0.2) is 0 Å². The molecule has 32 heavy (non-hydrogen) atoms. The molecule has 3 aromatic carbocycles. The van der Waals surface area contributed by atoms with E-state index in [1.165, 1.54) is 18.2 Å². The molecule has 0 fully saturated rings. The van der Waals surface area contributed by atoms with Crippen LogP contribution in [0.2, 0.25) is 0 Å². The summed E-state index contributed by atoms with van der Waals surface area (Å²) in [4.78, 5) is 22.9. The van der Waals surface area contributed by atoms with Crippen LogP contribution in [-0.2, 0) is 0 Å². The van der Waals surface area contributed by atoms with Crippen molar-refractivity contribution in [3.05, 3.63) is 93.5 Å². The SMILES string of the molecule is Cc1ccc(-n2c(Sc3ccc(C(N)=O)cc3[N+](=O)[O-])nnc2-c2ccccc2)cc1C. The van der Waals surface area contributed by atoms with Gasteiger partial charge in [-0.2, -0.15) is 0 Å². The first-order valence-electron chi connectivity index (χ1n) is 9.69. The van der Waals surface area contributed by atoms with Crippen molar-refractivity contribution >= 4 is 23.4 Å². The molecule has 0 radical (unpaired) electrons. The first kappa shape index (κ1) is 21.3. The molecule has 1 amide bonds. The Hall–Kier alpha value is -3.98. The molecule has 9 heteroatoms. The standard InChI is InChI=1S/C23H19N5O3S/c1-14-8-10-18(12-15(14)2)27-22(16-6-4-3-5-7-16)25-26-23(27)32-20-11-9-17(21(24)29)13-19(20)28(30)31/h3-13H,1-2H3,(H2,24,29). The molecule has 0 saturated heterocycles. The summed E-state index contributed by atoms with van der Waals surface area (Å²) < 4.78 is 1.87. The number of benzene rings is 3. The second-order valence-corrected chi connectivity index (χ2v) is 8.19. The van der Waals surface area contributed by atoms with Crippen LogP contribution in [-0.4, -0.2) is 25.6 Å². The van der Waals surface area contributed by atoms with Gasteiger partial charge in [0.15, 0.2) is 5.82 Å². The van der Waals surface area contributed by atoms with Crippen LogP contribution in [0.5, 0.6) is 0 Å². The van der Waals surface area contributed by atoms with Gasteiger partial charge in [-0.05, 0) is 61.0 Å². The molecule has 0 aliphatic heterocycles. The van der Waals surface area contributed by atoms with Gasteiger partial charge in [0.05, 0.1) is 15.5 Å². The molecule has 2 N–H and O–H groups in total. The van der Waals surface area contributed by atoms with Crippen LogP contribution in [0.4, 0.5) is 5.69 Å². The maximum absolute atomic E-state index is 11.6. The van der Waals surface area contributed by atoms with Crippen molar-refractivity contribution in [1.29, 1.82) is 0 Å². The largest absolute Gasteiger partial charge is 0.366 e. The number of nitrogens with zero attached hydrogens (tertiary/aromatic N) is 4. The number of carbonyl (C=O) groups excluding carboxylic acids is 1. The Balaban J connectivity index is 1.87. The zero-order valence-electron chi connectivity index (χ0n) is 17.4. The quantitative estimate of drug-likeness (QED) is 0.339. The van der Waals surface area contributed by atoms with Crippen LogP contribution in [0, 0.1) is 24.0 Å². The van der Waals surface area contributed by atoms with Crippen LogP contribution >= 0.6 is 11.8 Å². The van der Waals surface area contributed by atoms with Crippen molar-refractivity contribution < 1.29 is 9.72 Å². The number of carbonyl (C=O) groups is 1. The third-order valence-corrected chi connectivity index (χ3v) is 6.07. The molecule has 0 unspecified atom stereocenters. The molecule has 160 valence electrons. The van der Waals surface area contributed by atoms with Gasteiger partial charge in [0.1, 0.15) is 0 Å². The Morgan fingerprint density at radius 1 is 1.00 bits per heavy atom. The molecule has 8 nitrogen and oxygen atoms in total. The van der Waals surface area contributed by atoms with E-state index < -0.39 is 10.8 Å². The first-order valence-corrected chi connectivity index (χ1v) is 10.5. The van der Waals surface area contributed by atoms with E-state index in [-0.39, 0.29) is 11.3 Å². The fraction of sp³-hybridized carbons (Fsp3) is 0.0870. The highest BCUT2D eigenvalue weighted by Gasteiger charge is 2.22. The zero-order chi connectivity index (χ0) is 22.8. The Morgan fingerprint density at radius 3 is 2.41 bits per heavy atom.